The van der Waals surface area contributed by atoms with Gasteiger partial charge in [-0.15, -0.1) is 0 Å². The van der Waals surface area contributed by atoms with Crippen molar-refractivity contribution >= 4 is 41.4 Å². The summed E-state index contributed by atoms with van der Waals surface area (Å²) in [6.45, 7) is 0. The van der Waals surface area contributed by atoms with Crippen LogP contribution in [0, 0.1) is 0 Å². The van der Waals surface area contributed by atoms with Gasteiger partial charge in [-0.2, -0.15) is 0 Å². The second kappa shape index (κ2) is 8.58. The van der Waals surface area contributed by atoms with Crippen LogP contribution in [0.4, 0.5) is 0 Å². The van der Waals surface area contributed by atoms with E-state index in [4.69, 9.17) is 19.1 Å². The van der Waals surface area contributed by atoms with Crippen molar-refractivity contribution in [1.82, 2.24) is 39.9 Å². The van der Waals surface area contributed by atoms with Gasteiger partial charge >= 0.3 is 46.4 Å². The zero-order valence-corrected chi connectivity index (χ0v) is 14.8. The third-order valence-electron chi connectivity index (χ3n) is 2.65. The summed E-state index contributed by atoms with van der Waals surface area (Å²) in [4.78, 5) is 64.5. The topological polar surface area (TPSA) is 189 Å². The van der Waals surface area contributed by atoms with Gasteiger partial charge in [0.25, 0.3) is 11.1 Å². The number of rotatable bonds is 0. The number of nitrogens with zero attached hydrogens (tertiary/aromatic N) is 2. The molecule has 25 heavy (non-hydrogen) atoms. The molecule has 136 valence electrons. The maximum atomic E-state index is 10.9. The van der Waals surface area contributed by atoms with Gasteiger partial charge in [-0.05, 0) is 0 Å². The Kier molecular flexibility index (Phi) is 6.48. The Morgan fingerprint density at radius 1 is 0.720 bits per heavy atom. The first-order valence-corrected chi connectivity index (χ1v) is 10.1. The van der Waals surface area contributed by atoms with Gasteiger partial charge in [0.2, 0.25) is 0 Å². The van der Waals surface area contributed by atoms with E-state index in [1.54, 1.807) is 0 Å². The van der Waals surface area contributed by atoms with E-state index in [0.717, 1.165) is 0 Å². The number of aromatic amines is 6. The standard InChI is InChI=1S/2C5H4N4O2.2ClH.Pd/c2*10-4-2-3(7-1-6-2)8-5(11)9-4;;;/h2*1H,(H3,6,7,8,9,10,11);2*1H;/q;;;;+2/p-2. The first-order chi connectivity index (χ1) is 12.0. The SMILES string of the molecule is O=c1[nH]c(=O)c2[nH]cnc2[nH]1.O=c1[nH]c(=O)c2[nH]cnc2[nH]1.[Cl][Pd][Cl]. The predicted octanol–water partition coefficient (Wildman–Crippen LogP) is -0.745. The molecule has 4 aromatic heterocycles. The van der Waals surface area contributed by atoms with Gasteiger partial charge in [0, 0.05) is 0 Å². The number of H-pyrrole nitrogens is 6. The maximum absolute atomic E-state index is 10.9. The van der Waals surface area contributed by atoms with E-state index in [2.05, 4.69) is 39.9 Å². The van der Waals surface area contributed by atoms with Crippen molar-refractivity contribution in [3.05, 3.63) is 54.3 Å². The summed E-state index contributed by atoms with van der Waals surface area (Å²) in [5.41, 5.74) is -0.890. The second-order valence-corrected chi connectivity index (χ2v) is 6.47. The molecule has 0 atom stereocenters. The van der Waals surface area contributed by atoms with E-state index in [1.165, 1.54) is 12.7 Å². The van der Waals surface area contributed by atoms with Crippen molar-refractivity contribution in [2.24, 2.45) is 0 Å². The third-order valence-corrected chi connectivity index (χ3v) is 2.65. The van der Waals surface area contributed by atoms with E-state index in [1.807, 2.05) is 0 Å². The molecule has 4 rings (SSSR count). The fraction of sp³-hybridized carbons (Fsp3) is 0. The van der Waals surface area contributed by atoms with Gasteiger partial charge in [-0.3, -0.25) is 29.5 Å². The molecule has 4 aromatic rings. The van der Waals surface area contributed by atoms with Crippen molar-refractivity contribution in [3.63, 3.8) is 0 Å². The summed E-state index contributed by atoms with van der Waals surface area (Å²) >= 11 is -0.106. The Hall–Kier alpha value is -2.46. The van der Waals surface area contributed by atoms with E-state index in [9.17, 15) is 19.2 Å². The van der Waals surface area contributed by atoms with Crippen LogP contribution >= 0.6 is 19.1 Å². The Morgan fingerprint density at radius 2 is 1.08 bits per heavy atom. The molecule has 0 radical (unpaired) electrons. The second-order valence-electron chi connectivity index (χ2n) is 4.11. The van der Waals surface area contributed by atoms with Crippen LogP contribution in [-0.4, -0.2) is 39.9 Å². The number of hydrogen-bond acceptors (Lipinski definition) is 6. The first-order valence-electron chi connectivity index (χ1n) is 6.10. The molecule has 12 nitrogen and oxygen atoms in total. The van der Waals surface area contributed by atoms with Crippen LogP contribution in [0.3, 0.4) is 0 Å². The molecule has 0 amide bonds. The Bertz CT molecular complexity index is 1110. The fourth-order valence-electron chi connectivity index (χ4n) is 1.73. The van der Waals surface area contributed by atoms with Crippen molar-refractivity contribution in [2.45, 2.75) is 0 Å². The van der Waals surface area contributed by atoms with Gasteiger partial charge in [0.1, 0.15) is 11.0 Å². The van der Waals surface area contributed by atoms with Gasteiger partial charge in [-0.1, -0.05) is 0 Å². The molecule has 6 N–H and O–H groups in total. The molecule has 0 aliphatic rings. The number of fused-ring (bicyclic) bond motifs is 2. The number of halogens is 2. The zero-order valence-electron chi connectivity index (χ0n) is 11.8. The number of aromatic nitrogens is 8. The summed E-state index contributed by atoms with van der Waals surface area (Å²) < 4.78 is 0. The summed E-state index contributed by atoms with van der Waals surface area (Å²) in [5, 5.41) is 0. The summed E-state index contributed by atoms with van der Waals surface area (Å²) in [5.74, 6) is 0. The minimum atomic E-state index is -0.547. The number of nitrogens with one attached hydrogen (secondary N) is 6. The van der Waals surface area contributed by atoms with Gasteiger partial charge in [0.05, 0.1) is 12.7 Å². The molecule has 0 aliphatic carbocycles. The van der Waals surface area contributed by atoms with Crippen LogP contribution in [0.2, 0.25) is 0 Å². The molecule has 0 bridgehead atoms. The van der Waals surface area contributed by atoms with Crippen LogP contribution in [0.5, 0.6) is 0 Å². The molecule has 0 saturated carbocycles. The van der Waals surface area contributed by atoms with Crippen LogP contribution in [0.15, 0.2) is 31.8 Å². The quantitative estimate of drug-likeness (QED) is 0.179. The monoisotopic (exact) mass is 480 g/mol. The third kappa shape index (κ3) is 4.77. The number of imidazole rings is 2. The average molecular weight is 482 g/mol. The normalized spacial score (nSPS) is 10.2. The molecule has 0 aliphatic heterocycles. The van der Waals surface area contributed by atoms with Crippen molar-refractivity contribution < 1.29 is 15.9 Å². The minimum absolute atomic E-state index is 0.106. The molecular formula is C10H8Cl2N8O4Pd. The van der Waals surface area contributed by atoms with Crippen LogP contribution in [-0.2, 0) is 15.9 Å². The predicted molar refractivity (Wildman–Crippen MR) is 86.4 cm³/mol. The van der Waals surface area contributed by atoms with Crippen molar-refractivity contribution in [1.29, 1.82) is 0 Å². The van der Waals surface area contributed by atoms with Crippen LogP contribution in [0.25, 0.3) is 22.3 Å². The van der Waals surface area contributed by atoms with E-state index >= 15 is 0 Å². The summed E-state index contributed by atoms with van der Waals surface area (Å²) in [6.07, 6.45) is 2.69. The molecule has 0 fully saturated rings. The Labute approximate surface area is 151 Å². The number of hydrogen-bond donors (Lipinski definition) is 6. The Morgan fingerprint density at radius 3 is 1.44 bits per heavy atom. The van der Waals surface area contributed by atoms with Gasteiger partial charge in [-0.25, -0.2) is 19.6 Å². The molecular weight excluding hydrogens is 473 g/mol. The summed E-state index contributed by atoms with van der Waals surface area (Å²) in [7, 11) is 9.63. The zero-order chi connectivity index (χ0) is 18.4. The molecule has 0 aromatic carbocycles. The van der Waals surface area contributed by atoms with E-state index < -0.39 is 22.5 Å². The molecule has 0 saturated heterocycles. The summed E-state index contributed by atoms with van der Waals surface area (Å²) in [6, 6.07) is 0. The molecule has 4 heterocycles. The molecule has 0 spiro atoms. The first kappa shape index (κ1) is 18.9. The van der Waals surface area contributed by atoms with Crippen LogP contribution < -0.4 is 22.5 Å². The molecule has 15 heteroatoms. The van der Waals surface area contributed by atoms with E-state index in [-0.39, 0.29) is 38.3 Å². The van der Waals surface area contributed by atoms with Gasteiger partial charge < -0.3 is 9.97 Å². The Balaban J connectivity index is 0.000000156. The van der Waals surface area contributed by atoms with Crippen molar-refractivity contribution in [2.75, 3.05) is 0 Å². The fourth-order valence-corrected chi connectivity index (χ4v) is 1.73. The van der Waals surface area contributed by atoms with Gasteiger partial charge in [0.15, 0.2) is 11.3 Å². The molecule has 0 unspecified atom stereocenters. The van der Waals surface area contributed by atoms with Crippen molar-refractivity contribution in [3.8, 4) is 0 Å². The van der Waals surface area contributed by atoms with Crippen LogP contribution in [0.1, 0.15) is 0 Å². The average Bonchev–Trinajstić information content (AvgIpc) is 3.17. The van der Waals surface area contributed by atoms with E-state index in [0.29, 0.717) is 0 Å².